The molecule has 0 spiro atoms. The monoisotopic (exact) mass is 254 g/mol. The van der Waals surface area contributed by atoms with Crippen LogP contribution in [0.3, 0.4) is 0 Å². The van der Waals surface area contributed by atoms with Crippen molar-refractivity contribution in [1.82, 2.24) is 10.2 Å². The minimum Gasteiger partial charge on any atom is -0.444 e. The molecule has 2 fully saturated rings. The highest BCUT2D eigenvalue weighted by atomic mass is 16.6. The van der Waals surface area contributed by atoms with Crippen LogP contribution in [0.25, 0.3) is 0 Å². The highest BCUT2D eigenvalue weighted by Gasteiger charge is 2.28. The molecule has 0 aromatic heterocycles. The highest BCUT2D eigenvalue weighted by molar-refractivity contribution is 5.68. The van der Waals surface area contributed by atoms with Gasteiger partial charge in [0.15, 0.2) is 0 Å². The summed E-state index contributed by atoms with van der Waals surface area (Å²) in [6, 6.07) is 1.33. The van der Waals surface area contributed by atoms with Crippen LogP contribution >= 0.6 is 0 Å². The van der Waals surface area contributed by atoms with Gasteiger partial charge in [0.1, 0.15) is 5.60 Å². The Bertz CT molecular complexity index is 287. The Morgan fingerprint density at radius 1 is 1.11 bits per heavy atom. The van der Waals surface area contributed by atoms with E-state index in [9.17, 15) is 4.79 Å². The summed E-state index contributed by atoms with van der Waals surface area (Å²) in [4.78, 5) is 13.7. The van der Waals surface area contributed by atoms with Gasteiger partial charge in [-0.2, -0.15) is 0 Å². The molecule has 1 amide bonds. The van der Waals surface area contributed by atoms with Gasteiger partial charge in [0, 0.05) is 25.2 Å². The van der Waals surface area contributed by atoms with E-state index >= 15 is 0 Å². The minimum atomic E-state index is -0.391. The predicted octanol–water partition coefficient (Wildman–Crippen LogP) is 2.53. The van der Waals surface area contributed by atoms with Gasteiger partial charge in [0.25, 0.3) is 0 Å². The molecule has 4 nitrogen and oxygen atoms in total. The maximum Gasteiger partial charge on any atom is 0.410 e. The van der Waals surface area contributed by atoms with Gasteiger partial charge in [-0.3, -0.25) is 0 Å². The van der Waals surface area contributed by atoms with E-state index in [4.69, 9.17) is 4.74 Å². The summed E-state index contributed by atoms with van der Waals surface area (Å²) in [6.07, 6.45) is 5.96. The van der Waals surface area contributed by atoms with Crippen LogP contribution in [0.1, 0.15) is 52.9 Å². The van der Waals surface area contributed by atoms with Crippen molar-refractivity contribution >= 4 is 6.09 Å². The molecular formula is C14H26N2O2. The summed E-state index contributed by atoms with van der Waals surface area (Å²) < 4.78 is 5.39. The van der Waals surface area contributed by atoms with Crippen LogP contribution in [0, 0.1) is 0 Å². The topological polar surface area (TPSA) is 41.6 Å². The third-order valence-corrected chi connectivity index (χ3v) is 3.72. The van der Waals surface area contributed by atoms with E-state index in [0.29, 0.717) is 6.04 Å². The molecule has 1 saturated heterocycles. The Kier molecular flexibility index (Phi) is 4.15. The molecule has 0 aromatic rings. The number of nitrogens with one attached hydrogen (secondary N) is 1. The molecule has 104 valence electrons. The number of amides is 1. The molecule has 18 heavy (non-hydrogen) atoms. The van der Waals surface area contributed by atoms with Crippen LogP contribution in [0.4, 0.5) is 4.79 Å². The zero-order chi connectivity index (χ0) is 13.2. The van der Waals surface area contributed by atoms with E-state index < -0.39 is 5.60 Å². The Hall–Kier alpha value is -0.770. The van der Waals surface area contributed by atoms with Gasteiger partial charge in [-0.05, 0) is 46.5 Å². The van der Waals surface area contributed by atoms with Gasteiger partial charge in [0.2, 0.25) is 0 Å². The van der Waals surface area contributed by atoms with Crippen LogP contribution in [-0.2, 0) is 4.74 Å². The minimum absolute atomic E-state index is 0.162. The Morgan fingerprint density at radius 3 is 2.11 bits per heavy atom. The van der Waals surface area contributed by atoms with E-state index in [-0.39, 0.29) is 6.09 Å². The lowest BCUT2D eigenvalue weighted by Gasteiger charge is -2.37. The van der Waals surface area contributed by atoms with Gasteiger partial charge in [0.05, 0.1) is 0 Å². The van der Waals surface area contributed by atoms with E-state index in [2.05, 4.69) is 5.32 Å². The fourth-order valence-corrected chi connectivity index (χ4v) is 2.46. The van der Waals surface area contributed by atoms with Gasteiger partial charge >= 0.3 is 6.09 Å². The first-order chi connectivity index (χ1) is 8.44. The van der Waals surface area contributed by atoms with Crippen LogP contribution in [-0.4, -0.2) is 41.8 Å². The highest BCUT2D eigenvalue weighted by Crippen LogP contribution is 2.21. The quantitative estimate of drug-likeness (QED) is 0.823. The van der Waals surface area contributed by atoms with Crippen LogP contribution in [0.2, 0.25) is 0 Å². The van der Waals surface area contributed by atoms with Gasteiger partial charge < -0.3 is 15.0 Å². The molecule has 1 heterocycles. The summed E-state index contributed by atoms with van der Waals surface area (Å²) >= 11 is 0. The van der Waals surface area contributed by atoms with E-state index in [1.54, 1.807) is 0 Å². The number of likely N-dealkylation sites (tertiary alicyclic amines) is 1. The average Bonchev–Trinajstić information content (AvgIpc) is 2.22. The zero-order valence-electron chi connectivity index (χ0n) is 11.9. The molecule has 2 aliphatic rings. The number of hydrogen-bond donors (Lipinski definition) is 1. The van der Waals surface area contributed by atoms with Crippen molar-refractivity contribution in [1.29, 1.82) is 0 Å². The SMILES string of the molecule is CC(C)(C)OC(=O)N1CCC(NC2CCC2)CC1. The lowest BCUT2D eigenvalue weighted by molar-refractivity contribution is 0.0193. The van der Waals surface area contributed by atoms with Crippen molar-refractivity contribution in [2.24, 2.45) is 0 Å². The number of nitrogens with zero attached hydrogens (tertiary/aromatic N) is 1. The maximum absolute atomic E-state index is 11.9. The van der Waals surface area contributed by atoms with Crippen molar-refractivity contribution in [2.45, 2.75) is 70.6 Å². The number of hydrogen-bond acceptors (Lipinski definition) is 3. The third kappa shape index (κ3) is 3.87. The van der Waals surface area contributed by atoms with Gasteiger partial charge in [-0.25, -0.2) is 4.79 Å². The van der Waals surface area contributed by atoms with Crippen molar-refractivity contribution in [3.05, 3.63) is 0 Å². The summed E-state index contributed by atoms with van der Waals surface area (Å²) in [5, 5.41) is 3.68. The predicted molar refractivity (Wildman–Crippen MR) is 71.6 cm³/mol. The fraction of sp³-hybridized carbons (Fsp3) is 0.929. The van der Waals surface area contributed by atoms with E-state index in [1.807, 2.05) is 25.7 Å². The smallest absolute Gasteiger partial charge is 0.410 e. The number of carbonyl (C=O) groups excluding carboxylic acids is 1. The van der Waals surface area contributed by atoms with Crippen LogP contribution in [0.5, 0.6) is 0 Å². The summed E-state index contributed by atoms with van der Waals surface area (Å²) in [5.41, 5.74) is -0.391. The molecule has 1 aliphatic heterocycles. The largest absolute Gasteiger partial charge is 0.444 e. The Balaban J connectivity index is 1.70. The molecule has 1 N–H and O–H groups in total. The molecule has 0 unspecified atom stereocenters. The molecule has 4 heteroatoms. The van der Waals surface area contributed by atoms with Crippen molar-refractivity contribution < 1.29 is 9.53 Å². The van der Waals surface area contributed by atoms with Crippen LogP contribution < -0.4 is 5.32 Å². The second-order valence-corrected chi connectivity index (χ2v) is 6.54. The number of ether oxygens (including phenoxy) is 1. The van der Waals surface area contributed by atoms with Gasteiger partial charge in [-0.1, -0.05) is 6.42 Å². The number of carbonyl (C=O) groups is 1. The maximum atomic E-state index is 11.9. The third-order valence-electron chi connectivity index (χ3n) is 3.72. The lowest BCUT2D eigenvalue weighted by Crippen LogP contribution is -2.50. The first-order valence-corrected chi connectivity index (χ1v) is 7.18. The molecule has 1 aliphatic carbocycles. The Labute approximate surface area is 110 Å². The second kappa shape index (κ2) is 5.47. The first kappa shape index (κ1) is 13.7. The molecule has 1 saturated carbocycles. The average molecular weight is 254 g/mol. The molecule has 0 radical (unpaired) electrons. The summed E-state index contributed by atoms with van der Waals surface area (Å²) in [6.45, 7) is 7.37. The second-order valence-electron chi connectivity index (χ2n) is 6.54. The van der Waals surface area contributed by atoms with Crippen LogP contribution in [0.15, 0.2) is 0 Å². The molecule has 0 bridgehead atoms. The van der Waals surface area contributed by atoms with Gasteiger partial charge in [-0.15, -0.1) is 0 Å². The van der Waals surface area contributed by atoms with E-state index in [1.165, 1.54) is 19.3 Å². The summed E-state index contributed by atoms with van der Waals surface area (Å²) in [5.74, 6) is 0. The standard InChI is InChI=1S/C14H26N2O2/c1-14(2,3)18-13(17)16-9-7-12(8-10-16)15-11-5-4-6-11/h11-12,15H,4-10H2,1-3H3. The van der Waals surface area contributed by atoms with Crippen molar-refractivity contribution in [2.75, 3.05) is 13.1 Å². The number of rotatable bonds is 2. The van der Waals surface area contributed by atoms with Crippen molar-refractivity contribution in [3.8, 4) is 0 Å². The number of piperidine rings is 1. The Morgan fingerprint density at radius 2 is 1.67 bits per heavy atom. The lowest BCUT2D eigenvalue weighted by atomic mass is 9.91. The van der Waals surface area contributed by atoms with Crippen molar-refractivity contribution in [3.63, 3.8) is 0 Å². The molecule has 0 aromatic carbocycles. The summed E-state index contributed by atoms with van der Waals surface area (Å²) in [7, 11) is 0. The molecular weight excluding hydrogens is 228 g/mol. The normalized spacial score (nSPS) is 22.7. The fourth-order valence-electron chi connectivity index (χ4n) is 2.46. The molecule has 2 rings (SSSR count). The first-order valence-electron chi connectivity index (χ1n) is 7.18. The van der Waals surface area contributed by atoms with E-state index in [0.717, 1.165) is 32.0 Å². The molecule has 0 atom stereocenters. The zero-order valence-corrected chi connectivity index (χ0v) is 11.9.